The number of primary sulfonamides is 1. The van der Waals surface area contributed by atoms with Gasteiger partial charge in [-0.1, -0.05) is 45.0 Å². The van der Waals surface area contributed by atoms with Gasteiger partial charge in [0.05, 0.1) is 10.6 Å². The predicted molar refractivity (Wildman–Crippen MR) is 99.2 cm³/mol. The van der Waals surface area contributed by atoms with Gasteiger partial charge in [0.2, 0.25) is 10.0 Å². The summed E-state index contributed by atoms with van der Waals surface area (Å²) in [6.45, 7) is 6.14. The van der Waals surface area contributed by atoms with E-state index >= 15 is 0 Å². The lowest BCUT2D eigenvalue weighted by atomic mass is 9.87. The first-order valence-corrected chi connectivity index (χ1v) is 10.8. The van der Waals surface area contributed by atoms with E-state index in [2.05, 4.69) is 4.72 Å². The third-order valence-electron chi connectivity index (χ3n) is 3.58. The van der Waals surface area contributed by atoms with Crippen LogP contribution < -0.4 is 9.86 Å². The highest BCUT2D eigenvalue weighted by Crippen LogP contribution is 2.24. The molecule has 6 nitrogen and oxygen atoms in total. The SMILES string of the molecule is CC(C)(C)c1ccc(S(=O)(=O)Nc2cccc(CS(N)(=O)=O)c2)cc1. The van der Waals surface area contributed by atoms with E-state index in [1.165, 1.54) is 6.07 Å². The van der Waals surface area contributed by atoms with Crippen LogP contribution in [0.2, 0.25) is 0 Å². The van der Waals surface area contributed by atoms with Crippen molar-refractivity contribution >= 4 is 25.7 Å². The van der Waals surface area contributed by atoms with Gasteiger partial charge in [0.15, 0.2) is 0 Å². The van der Waals surface area contributed by atoms with Gasteiger partial charge in [-0.3, -0.25) is 4.72 Å². The predicted octanol–water partition coefficient (Wildman–Crippen LogP) is 2.57. The second-order valence-corrected chi connectivity index (χ2v) is 10.2. The summed E-state index contributed by atoms with van der Waals surface area (Å²) in [5.74, 6) is -0.358. The number of anilines is 1. The molecule has 0 aliphatic rings. The normalized spacial score (nSPS) is 12.8. The van der Waals surface area contributed by atoms with Crippen molar-refractivity contribution in [3.63, 3.8) is 0 Å². The van der Waals surface area contributed by atoms with Gasteiger partial charge in [-0.2, -0.15) is 0 Å². The van der Waals surface area contributed by atoms with Crippen molar-refractivity contribution in [2.24, 2.45) is 5.14 Å². The molecule has 0 bridgehead atoms. The van der Waals surface area contributed by atoms with E-state index in [9.17, 15) is 16.8 Å². The summed E-state index contributed by atoms with van der Waals surface area (Å²) >= 11 is 0. The van der Waals surface area contributed by atoms with Crippen molar-refractivity contribution < 1.29 is 16.8 Å². The van der Waals surface area contributed by atoms with E-state index in [0.29, 0.717) is 5.56 Å². The van der Waals surface area contributed by atoms with E-state index in [4.69, 9.17) is 5.14 Å². The maximum absolute atomic E-state index is 12.5. The van der Waals surface area contributed by atoms with Gasteiger partial charge >= 0.3 is 0 Å². The fourth-order valence-electron chi connectivity index (χ4n) is 2.31. The van der Waals surface area contributed by atoms with Crippen molar-refractivity contribution in [3.8, 4) is 0 Å². The Kier molecular flexibility index (Phi) is 5.27. The van der Waals surface area contributed by atoms with Crippen LogP contribution in [0.15, 0.2) is 53.4 Å². The number of nitrogens with two attached hydrogens (primary N) is 1. The molecule has 136 valence electrons. The molecule has 0 aliphatic carbocycles. The van der Waals surface area contributed by atoms with Crippen LogP contribution >= 0.6 is 0 Å². The smallest absolute Gasteiger partial charge is 0.261 e. The summed E-state index contributed by atoms with van der Waals surface area (Å²) in [5, 5.41) is 5.02. The third kappa shape index (κ3) is 5.55. The number of sulfonamides is 2. The Bertz CT molecular complexity index is 958. The Hall–Kier alpha value is -1.90. The Morgan fingerprint density at radius 2 is 1.56 bits per heavy atom. The molecule has 0 aromatic heterocycles. The van der Waals surface area contributed by atoms with Crippen molar-refractivity contribution in [3.05, 3.63) is 59.7 Å². The molecule has 25 heavy (non-hydrogen) atoms. The number of nitrogens with one attached hydrogen (secondary N) is 1. The van der Waals surface area contributed by atoms with Crippen LogP contribution in [0, 0.1) is 0 Å². The van der Waals surface area contributed by atoms with Crippen LogP contribution in [-0.2, 0) is 31.2 Å². The van der Waals surface area contributed by atoms with Gasteiger partial charge < -0.3 is 0 Å². The standard InChI is InChI=1S/C17H22N2O4S2/c1-17(2,3)14-7-9-16(10-8-14)25(22,23)19-15-6-4-5-13(11-15)12-24(18,20)21/h4-11,19H,12H2,1-3H3,(H2,18,20,21). The zero-order chi connectivity index (χ0) is 18.9. The van der Waals surface area contributed by atoms with Crippen molar-refractivity contribution in [1.29, 1.82) is 0 Å². The highest BCUT2D eigenvalue weighted by atomic mass is 32.2. The molecule has 2 aromatic rings. The topological polar surface area (TPSA) is 106 Å². The monoisotopic (exact) mass is 382 g/mol. The third-order valence-corrected chi connectivity index (χ3v) is 5.71. The maximum atomic E-state index is 12.5. The van der Waals surface area contributed by atoms with Gasteiger partial charge in [0.25, 0.3) is 10.0 Å². The van der Waals surface area contributed by atoms with E-state index in [1.54, 1.807) is 42.5 Å². The fraction of sp³-hybridized carbons (Fsp3) is 0.294. The minimum atomic E-state index is -3.77. The minimum absolute atomic E-state index is 0.0717. The van der Waals surface area contributed by atoms with Crippen LogP contribution in [0.4, 0.5) is 5.69 Å². The molecule has 2 aromatic carbocycles. The number of hydrogen-bond acceptors (Lipinski definition) is 4. The lowest BCUT2D eigenvalue weighted by Crippen LogP contribution is -2.16. The Labute approximate surface area is 149 Å². The summed E-state index contributed by atoms with van der Waals surface area (Å²) in [7, 11) is -7.45. The van der Waals surface area contributed by atoms with Crippen LogP contribution in [-0.4, -0.2) is 16.8 Å². The maximum Gasteiger partial charge on any atom is 0.261 e. The second kappa shape index (κ2) is 6.78. The summed E-state index contributed by atoms with van der Waals surface area (Å²) < 4.78 is 49.8. The van der Waals surface area contributed by atoms with Crippen LogP contribution in [0.25, 0.3) is 0 Å². The highest BCUT2D eigenvalue weighted by Gasteiger charge is 2.18. The molecule has 0 aliphatic heterocycles. The molecule has 0 saturated heterocycles. The summed E-state index contributed by atoms with van der Waals surface area (Å²) in [4.78, 5) is 0.136. The first-order chi connectivity index (χ1) is 11.4. The molecule has 0 radical (unpaired) electrons. The number of rotatable bonds is 5. The Morgan fingerprint density at radius 3 is 2.08 bits per heavy atom. The summed E-state index contributed by atoms with van der Waals surface area (Å²) in [6, 6.07) is 12.8. The number of hydrogen-bond donors (Lipinski definition) is 2. The molecular weight excluding hydrogens is 360 g/mol. The zero-order valence-electron chi connectivity index (χ0n) is 14.4. The van der Waals surface area contributed by atoms with E-state index in [0.717, 1.165) is 5.56 Å². The van der Waals surface area contributed by atoms with Crippen molar-refractivity contribution in [2.45, 2.75) is 36.8 Å². The zero-order valence-corrected chi connectivity index (χ0v) is 16.0. The van der Waals surface area contributed by atoms with Crippen molar-refractivity contribution in [2.75, 3.05) is 4.72 Å². The van der Waals surface area contributed by atoms with Gasteiger partial charge in [-0.25, -0.2) is 22.0 Å². The largest absolute Gasteiger partial charge is 0.280 e. The van der Waals surface area contributed by atoms with Crippen LogP contribution in [0.5, 0.6) is 0 Å². The number of benzene rings is 2. The van der Waals surface area contributed by atoms with E-state index in [1.807, 2.05) is 20.8 Å². The molecule has 0 unspecified atom stereocenters. The van der Waals surface area contributed by atoms with Gasteiger partial charge in [-0.05, 0) is 40.8 Å². The molecule has 3 N–H and O–H groups in total. The minimum Gasteiger partial charge on any atom is -0.280 e. The molecule has 0 fully saturated rings. The van der Waals surface area contributed by atoms with Crippen LogP contribution in [0.1, 0.15) is 31.9 Å². The van der Waals surface area contributed by atoms with Crippen LogP contribution in [0.3, 0.4) is 0 Å². The van der Waals surface area contributed by atoms with Crippen molar-refractivity contribution in [1.82, 2.24) is 0 Å². The van der Waals surface area contributed by atoms with E-state index in [-0.39, 0.29) is 21.8 Å². The van der Waals surface area contributed by atoms with Gasteiger partial charge in [-0.15, -0.1) is 0 Å². The first kappa shape index (κ1) is 19.4. The summed E-state index contributed by atoms with van der Waals surface area (Å²) in [6.07, 6.45) is 0. The molecule has 0 atom stereocenters. The van der Waals surface area contributed by atoms with Gasteiger partial charge in [0, 0.05) is 5.69 Å². The second-order valence-electron chi connectivity index (χ2n) is 6.89. The molecule has 0 amide bonds. The average molecular weight is 383 g/mol. The highest BCUT2D eigenvalue weighted by molar-refractivity contribution is 7.92. The summed E-state index contributed by atoms with van der Waals surface area (Å²) in [5.41, 5.74) is 1.64. The molecule has 8 heteroatoms. The first-order valence-electron chi connectivity index (χ1n) is 7.60. The lowest BCUT2D eigenvalue weighted by Gasteiger charge is -2.19. The Morgan fingerprint density at radius 1 is 0.960 bits per heavy atom. The molecule has 0 spiro atoms. The molecule has 0 heterocycles. The lowest BCUT2D eigenvalue weighted by molar-refractivity contribution is 0.587. The van der Waals surface area contributed by atoms with E-state index < -0.39 is 20.0 Å². The Balaban J connectivity index is 2.25. The molecule has 0 saturated carbocycles. The molecule has 2 rings (SSSR count). The quantitative estimate of drug-likeness (QED) is 0.829. The molecular formula is C17H22N2O4S2. The average Bonchev–Trinajstić information content (AvgIpc) is 2.44. The van der Waals surface area contributed by atoms with Gasteiger partial charge in [0.1, 0.15) is 0 Å². The fourth-order valence-corrected chi connectivity index (χ4v) is 4.00.